The van der Waals surface area contributed by atoms with E-state index < -0.39 is 0 Å². The van der Waals surface area contributed by atoms with Gasteiger partial charge in [0, 0.05) is 32.3 Å². The van der Waals surface area contributed by atoms with E-state index in [4.69, 9.17) is 0 Å². The summed E-state index contributed by atoms with van der Waals surface area (Å²) < 4.78 is 1.80. The molecule has 2 aliphatic rings. The molecule has 6 nitrogen and oxygen atoms in total. The van der Waals surface area contributed by atoms with E-state index in [1.54, 1.807) is 10.9 Å². The summed E-state index contributed by atoms with van der Waals surface area (Å²) in [4.78, 5) is 28.0. The summed E-state index contributed by atoms with van der Waals surface area (Å²) in [5.74, 6) is 0.652. The summed E-state index contributed by atoms with van der Waals surface area (Å²) in [7, 11) is 0. The van der Waals surface area contributed by atoms with Crippen LogP contribution in [0.4, 0.5) is 5.69 Å². The molecule has 1 aromatic carbocycles. The highest BCUT2D eigenvalue weighted by Gasteiger charge is 2.45. The number of anilines is 1. The van der Waals surface area contributed by atoms with Crippen LogP contribution in [0.5, 0.6) is 0 Å². The first-order valence-electron chi connectivity index (χ1n) is 11.3. The van der Waals surface area contributed by atoms with Crippen LogP contribution in [0.25, 0.3) is 0 Å². The number of hydrogen-bond donors (Lipinski definition) is 1. The number of piperidine rings is 1. The van der Waals surface area contributed by atoms with Crippen LogP contribution < -0.4 is 5.32 Å². The molecule has 1 N–H and O–H groups in total. The fraction of sp³-hybridized carbons (Fsp3) is 0.542. The van der Waals surface area contributed by atoms with Gasteiger partial charge in [0.25, 0.3) is 0 Å². The Balaban J connectivity index is 1.32. The van der Waals surface area contributed by atoms with Gasteiger partial charge in [0.05, 0.1) is 17.3 Å². The van der Waals surface area contributed by atoms with Crippen molar-refractivity contribution in [3.63, 3.8) is 0 Å². The average Bonchev–Trinajstić information content (AvgIpc) is 3.45. The zero-order valence-corrected chi connectivity index (χ0v) is 17.8. The molecule has 1 aliphatic heterocycles. The molecule has 2 aromatic rings. The SMILES string of the molecule is CCn1cc(NC(=O)CC2CCN(C(=O)C3(c4ccccc4)CCCC3)CC2)cn1. The van der Waals surface area contributed by atoms with E-state index in [0.717, 1.165) is 63.8 Å². The van der Waals surface area contributed by atoms with Gasteiger partial charge in [-0.15, -0.1) is 0 Å². The fourth-order valence-electron chi connectivity index (χ4n) is 5.08. The Labute approximate surface area is 178 Å². The Hall–Kier alpha value is -2.63. The van der Waals surface area contributed by atoms with E-state index in [0.29, 0.717) is 18.2 Å². The van der Waals surface area contributed by atoms with E-state index in [2.05, 4.69) is 27.4 Å². The lowest BCUT2D eigenvalue weighted by molar-refractivity contribution is -0.138. The lowest BCUT2D eigenvalue weighted by Crippen LogP contribution is -2.48. The standard InChI is InChI=1S/C24H32N4O2/c1-2-28-18-21(17-25-28)26-22(29)16-19-10-14-27(15-11-19)23(30)24(12-6-7-13-24)20-8-4-3-5-9-20/h3-5,8-9,17-19H,2,6-7,10-16H2,1H3,(H,26,29). The van der Waals surface area contributed by atoms with Gasteiger partial charge in [-0.3, -0.25) is 14.3 Å². The van der Waals surface area contributed by atoms with Gasteiger partial charge < -0.3 is 10.2 Å². The largest absolute Gasteiger partial charge is 0.342 e. The molecule has 6 heteroatoms. The van der Waals surface area contributed by atoms with Gasteiger partial charge in [-0.25, -0.2) is 0 Å². The fourth-order valence-corrected chi connectivity index (χ4v) is 5.08. The summed E-state index contributed by atoms with van der Waals surface area (Å²) in [5.41, 5.74) is 1.58. The van der Waals surface area contributed by atoms with Crippen molar-refractivity contribution in [2.75, 3.05) is 18.4 Å². The maximum Gasteiger partial charge on any atom is 0.233 e. The van der Waals surface area contributed by atoms with E-state index in [9.17, 15) is 9.59 Å². The number of rotatable bonds is 6. The van der Waals surface area contributed by atoms with Crippen LogP contribution in [0.1, 0.15) is 57.4 Å². The van der Waals surface area contributed by atoms with Crippen LogP contribution in [0.3, 0.4) is 0 Å². The van der Waals surface area contributed by atoms with Crippen molar-refractivity contribution in [1.29, 1.82) is 0 Å². The molecular formula is C24H32N4O2. The number of likely N-dealkylation sites (tertiary alicyclic amines) is 1. The quantitative estimate of drug-likeness (QED) is 0.786. The summed E-state index contributed by atoms with van der Waals surface area (Å²) in [6.45, 7) is 4.30. The number of aromatic nitrogens is 2. The number of carbonyl (C=O) groups excluding carboxylic acids is 2. The van der Waals surface area contributed by atoms with Crippen molar-refractivity contribution in [1.82, 2.24) is 14.7 Å². The predicted molar refractivity (Wildman–Crippen MR) is 117 cm³/mol. The highest BCUT2D eigenvalue weighted by molar-refractivity contribution is 5.91. The minimum Gasteiger partial charge on any atom is -0.342 e. The average molecular weight is 409 g/mol. The second kappa shape index (κ2) is 9.02. The van der Waals surface area contributed by atoms with Crippen LogP contribution in [0, 0.1) is 5.92 Å². The van der Waals surface area contributed by atoms with Gasteiger partial charge in [-0.2, -0.15) is 5.10 Å². The van der Waals surface area contributed by atoms with Crippen LogP contribution >= 0.6 is 0 Å². The number of benzene rings is 1. The molecule has 1 saturated heterocycles. The lowest BCUT2D eigenvalue weighted by atomic mass is 9.77. The van der Waals surface area contributed by atoms with Gasteiger partial charge in [-0.05, 0) is 44.1 Å². The third kappa shape index (κ3) is 4.27. The third-order valence-electron chi connectivity index (χ3n) is 6.81. The van der Waals surface area contributed by atoms with Crippen molar-refractivity contribution in [3.05, 3.63) is 48.3 Å². The van der Waals surface area contributed by atoms with E-state index in [1.807, 2.05) is 31.3 Å². The molecule has 2 heterocycles. The number of nitrogens with zero attached hydrogens (tertiary/aromatic N) is 3. The molecule has 1 aromatic heterocycles. The van der Waals surface area contributed by atoms with Crippen LogP contribution in [0.2, 0.25) is 0 Å². The molecule has 30 heavy (non-hydrogen) atoms. The summed E-state index contributed by atoms with van der Waals surface area (Å²) in [6, 6.07) is 10.3. The number of aryl methyl sites for hydroxylation is 1. The Morgan fingerprint density at radius 1 is 1.13 bits per heavy atom. The van der Waals surface area contributed by atoms with Crippen molar-refractivity contribution in [2.45, 2.75) is 63.8 Å². The normalized spacial score (nSPS) is 19.0. The zero-order chi connectivity index (χ0) is 21.0. The predicted octanol–water partition coefficient (Wildman–Crippen LogP) is 3.98. The Bertz CT molecular complexity index is 862. The molecule has 1 aliphatic carbocycles. The molecule has 1 saturated carbocycles. The first kappa shape index (κ1) is 20.6. The van der Waals surface area contributed by atoms with Gasteiger partial charge in [0.2, 0.25) is 11.8 Å². The second-order valence-electron chi connectivity index (χ2n) is 8.73. The van der Waals surface area contributed by atoms with Crippen LogP contribution in [-0.4, -0.2) is 39.6 Å². The van der Waals surface area contributed by atoms with Gasteiger partial charge in [-0.1, -0.05) is 43.2 Å². The first-order valence-corrected chi connectivity index (χ1v) is 11.3. The van der Waals surface area contributed by atoms with Crippen molar-refractivity contribution in [2.24, 2.45) is 5.92 Å². The molecular weight excluding hydrogens is 376 g/mol. The first-order chi connectivity index (χ1) is 14.6. The van der Waals surface area contributed by atoms with Gasteiger partial charge in [0.15, 0.2) is 0 Å². The molecule has 0 bridgehead atoms. The van der Waals surface area contributed by atoms with Crippen LogP contribution in [-0.2, 0) is 21.5 Å². The monoisotopic (exact) mass is 408 g/mol. The molecule has 160 valence electrons. The Morgan fingerprint density at radius 3 is 2.47 bits per heavy atom. The third-order valence-corrected chi connectivity index (χ3v) is 6.81. The van der Waals surface area contributed by atoms with Crippen molar-refractivity contribution >= 4 is 17.5 Å². The van der Waals surface area contributed by atoms with Crippen molar-refractivity contribution < 1.29 is 9.59 Å². The van der Waals surface area contributed by atoms with Gasteiger partial charge in [0.1, 0.15) is 0 Å². The van der Waals surface area contributed by atoms with Gasteiger partial charge >= 0.3 is 0 Å². The maximum absolute atomic E-state index is 13.6. The minimum atomic E-state index is -0.342. The van der Waals surface area contributed by atoms with E-state index in [-0.39, 0.29) is 11.3 Å². The maximum atomic E-state index is 13.6. The molecule has 2 amide bonds. The number of amides is 2. The van der Waals surface area contributed by atoms with Crippen molar-refractivity contribution in [3.8, 4) is 0 Å². The van der Waals surface area contributed by atoms with Crippen LogP contribution in [0.15, 0.2) is 42.7 Å². The number of hydrogen-bond acceptors (Lipinski definition) is 3. The summed E-state index contributed by atoms with van der Waals surface area (Å²) in [6.07, 6.45) is 9.95. The Kier molecular flexibility index (Phi) is 6.21. The summed E-state index contributed by atoms with van der Waals surface area (Å²) in [5, 5.41) is 7.14. The molecule has 4 rings (SSSR count). The smallest absolute Gasteiger partial charge is 0.233 e. The highest BCUT2D eigenvalue weighted by Crippen LogP contribution is 2.43. The molecule has 0 unspecified atom stereocenters. The second-order valence-corrected chi connectivity index (χ2v) is 8.73. The molecule has 0 atom stereocenters. The van der Waals surface area contributed by atoms with E-state index >= 15 is 0 Å². The zero-order valence-electron chi connectivity index (χ0n) is 17.8. The molecule has 0 spiro atoms. The topological polar surface area (TPSA) is 67.2 Å². The highest BCUT2D eigenvalue weighted by atomic mass is 16.2. The minimum absolute atomic E-state index is 0.0342. The van der Waals surface area contributed by atoms with E-state index in [1.165, 1.54) is 5.56 Å². The Morgan fingerprint density at radius 2 is 1.83 bits per heavy atom. The molecule has 0 radical (unpaired) electrons. The molecule has 2 fully saturated rings. The number of carbonyl (C=O) groups is 2. The lowest BCUT2D eigenvalue weighted by Gasteiger charge is -2.38. The number of nitrogens with one attached hydrogen (secondary N) is 1. The summed E-state index contributed by atoms with van der Waals surface area (Å²) >= 11 is 0.